The van der Waals surface area contributed by atoms with Crippen LogP contribution in [0.15, 0.2) is 66.2 Å². The fourth-order valence-electron chi connectivity index (χ4n) is 5.42. The molecule has 1 amide bonds. The van der Waals surface area contributed by atoms with Crippen molar-refractivity contribution in [2.45, 2.75) is 60.4 Å². The van der Waals surface area contributed by atoms with E-state index < -0.39 is 17.7 Å². The van der Waals surface area contributed by atoms with Crippen LogP contribution in [0.1, 0.15) is 74.4 Å². The molecule has 1 fully saturated rings. The fraction of sp³-hybridized carbons (Fsp3) is 0.353. The molecular formula is C34H40N2O4. The molecule has 0 bridgehead atoms. The largest absolute Gasteiger partial charge is 0.507 e. The summed E-state index contributed by atoms with van der Waals surface area (Å²) >= 11 is 0. The third-order valence-electron chi connectivity index (χ3n) is 7.61. The number of aliphatic hydroxyl groups excluding tert-OH is 1. The molecule has 0 spiro atoms. The van der Waals surface area contributed by atoms with Gasteiger partial charge in [-0.15, -0.1) is 0 Å². The van der Waals surface area contributed by atoms with Gasteiger partial charge in [-0.2, -0.15) is 0 Å². The van der Waals surface area contributed by atoms with Gasteiger partial charge in [-0.05, 0) is 99.2 Å². The zero-order valence-corrected chi connectivity index (χ0v) is 24.6. The van der Waals surface area contributed by atoms with Gasteiger partial charge in [0, 0.05) is 30.0 Å². The van der Waals surface area contributed by atoms with Crippen LogP contribution in [-0.4, -0.2) is 36.5 Å². The number of aliphatic hydroxyl groups is 1. The predicted molar refractivity (Wildman–Crippen MR) is 162 cm³/mol. The molecule has 1 unspecified atom stereocenters. The Labute approximate surface area is 237 Å². The summed E-state index contributed by atoms with van der Waals surface area (Å²) in [5.41, 5.74) is 5.82. The Hall–Kier alpha value is -4.06. The normalized spacial score (nSPS) is 16.6. The lowest BCUT2D eigenvalue weighted by atomic mass is 9.92. The number of anilines is 2. The molecule has 3 aromatic carbocycles. The van der Waals surface area contributed by atoms with E-state index in [1.54, 1.807) is 11.0 Å². The van der Waals surface area contributed by atoms with Crippen molar-refractivity contribution in [3.63, 3.8) is 0 Å². The van der Waals surface area contributed by atoms with Gasteiger partial charge in [-0.1, -0.05) is 38.1 Å². The molecule has 0 saturated carbocycles. The van der Waals surface area contributed by atoms with Crippen LogP contribution in [0.2, 0.25) is 0 Å². The van der Waals surface area contributed by atoms with Crippen LogP contribution < -0.4 is 14.5 Å². The first-order valence-electron chi connectivity index (χ1n) is 14.1. The Morgan fingerprint density at radius 2 is 1.62 bits per heavy atom. The van der Waals surface area contributed by atoms with Crippen molar-refractivity contribution < 1.29 is 19.4 Å². The molecule has 1 atom stereocenters. The minimum atomic E-state index is -0.777. The number of carbonyl (C=O) groups excluding carboxylic acids is 2. The van der Waals surface area contributed by atoms with E-state index in [4.69, 9.17) is 4.74 Å². The van der Waals surface area contributed by atoms with Gasteiger partial charge in [0.1, 0.15) is 11.5 Å². The van der Waals surface area contributed by atoms with Crippen LogP contribution >= 0.6 is 0 Å². The van der Waals surface area contributed by atoms with E-state index in [1.165, 1.54) is 0 Å². The van der Waals surface area contributed by atoms with Crippen molar-refractivity contribution in [1.29, 1.82) is 0 Å². The second-order valence-electron chi connectivity index (χ2n) is 10.6. The minimum Gasteiger partial charge on any atom is -0.507 e. The number of hydrogen-bond acceptors (Lipinski definition) is 5. The molecule has 6 nitrogen and oxygen atoms in total. The number of carbonyl (C=O) groups is 2. The monoisotopic (exact) mass is 540 g/mol. The van der Waals surface area contributed by atoms with Crippen LogP contribution in [0.3, 0.4) is 0 Å². The van der Waals surface area contributed by atoms with Gasteiger partial charge >= 0.3 is 0 Å². The molecule has 1 heterocycles. The standard InChI is InChI=1S/C34H40N2O4/c1-8-35(9-2)26-16-13-24(14-17-26)31-30(32(37)25-15-18-29(40-10-3)27(20-25)21(4)5)33(38)34(39)36(31)28-19-22(6)11-12-23(28)7/h11-21,31,37H,8-10H2,1-7H3/b32-30-. The smallest absolute Gasteiger partial charge is 0.300 e. The van der Waals surface area contributed by atoms with Crippen molar-refractivity contribution in [1.82, 2.24) is 0 Å². The minimum absolute atomic E-state index is 0.0837. The molecule has 1 N–H and O–H groups in total. The van der Waals surface area contributed by atoms with Gasteiger partial charge in [-0.25, -0.2) is 0 Å². The van der Waals surface area contributed by atoms with Gasteiger partial charge in [0.15, 0.2) is 0 Å². The van der Waals surface area contributed by atoms with Crippen LogP contribution in [0.5, 0.6) is 5.75 Å². The number of aryl methyl sites for hydroxylation is 2. The second-order valence-corrected chi connectivity index (χ2v) is 10.6. The van der Waals surface area contributed by atoms with E-state index in [2.05, 4.69) is 32.6 Å². The van der Waals surface area contributed by atoms with Crippen molar-refractivity contribution in [2.24, 2.45) is 0 Å². The Morgan fingerprint density at radius 3 is 2.23 bits per heavy atom. The first-order valence-corrected chi connectivity index (χ1v) is 14.1. The Kier molecular flexibility index (Phi) is 8.67. The van der Waals surface area contributed by atoms with Crippen LogP contribution in [0.25, 0.3) is 5.76 Å². The van der Waals surface area contributed by atoms with Crippen molar-refractivity contribution >= 4 is 28.8 Å². The average molecular weight is 541 g/mol. The van der Waals surface area contributed by atoms with Crippen molar-refractivity contribution in [2.75, 3.05) is 29.5 Å². The number of hydrogen-bond donors (Lipinski definition) is 1. The summed E-state index contributed by atoms with van der Waals surface area (Å²) in [4.78, 5) is 31.2. The zero-order chi connectivity index (χ0) is 29.1. The molecule has 210 valence electrons. The van der Waals surface area contributed by atoms with Gasteiger partial charge in [0.2, 0.25) is 0 Å². The maximum Gasteiger partial charge on any atom is 0.300 e. The molecule has 3 aromatic rings. The first kappa shape index (κ1) is 28.9. The highest BCUT2D eigenvalue weighted by atomic mass is 16.5. The summed E-state index contributed by atoms with van der Waals surface area (Å²) in [6, 6.07) is 18.4. The molecule has 6 heteroatoms. The maximum atomic E-state index is 13.7. The van der Waals surface area contributed by atoms with E-state index in [0.717, 1.165) is 46.8 Å². The van der Waals surface area contributed by atoms with E-state index in [-0.39, 0.29) is 17.3 Å². The Morgan fingerprint density at radius 1 is 0.950 bits per heavy atom. The third kappa shape index (κ3) is 5.35. The molecule has 0 radical (unpaired) electrons. The number of rotatable bonds is 9. The second kappa shape index (κ2) is 12.0. The molecule has 1 aliphatic rings. The quantitative estimate of drug-likeness (QED) is 0.175. The molecule has 4 rings (SSSR count). The van der Waals surface area contributed by atoms with Gasteiger partial charge in [0.25, 0.3) is 11.7 Å². The molecule has 0 aromatic heterocycles. The number of ether oxygens (including phenoxy) is 1. The average Bonchev–Trinajstić information content (AvgIpc) is 3.20. The summed E-state index contributed by atoms with van der Waals surface area (Å²) in [6.45, 7) is 16.4. The SMILES string of the molecule is CCOc1ccc(/C(O)=C2/C(=O)C(=O)N(c3cc(C)ccc3C)C2c2ccc(N(CC)CC)cc2)cc1C(C)C. The Bertz CT molecular complexity index is 1430. The number of nitrogens with zero attached hydrogens (tertiary/aromatic N) is 2. The van der Waals surface area contributed by atoms with Crippen LogP contribution in [0.4, 0.5) is 11.4 Å². The topological polar surface area (TPSA) is 70.1 Å². The summed E-state index contributed by atoms with van der Waals surface area (Å²) in [7, 11) is 0. The van der Waals surface area contributed by atoms with E-state index in [9.17, 15) is 14.7 Å². The molecular weight excluding hydrogens is 500 g/mol. The molecule has 0 aliphatic carbocycles. The van der Waals surface area contributed by atoms with Gasteiger partial charge < -0.3 is 14.7 Å². The van der Waals surface area contributed by atoms with Crippen LogP contribution in [0, 0.1) is 13.8 Å². The third-order valence-corrected chi connectivity index (χ3v) is 7.61. The summed E-state index contributed by atoms with van der Waals surface area (Å²) in [5, 5.41) is 11.7. The summed E-state index contributed by atoms with van der Waals surface area (Å²) < 4.78 is 5.80. The highest BCUT2D eigenvalue weighted by Gasteiger charge is 2.47. The predicted octanol–water partition coefficient (Wildman–Crippen LogP) is 7.30. The highest BCUT2D eigenvalue weighted by Crippen LogP contribution is 2.44. The van der Waals surface area contributed by atoms with E-state index in [1.807, 2.05) is 75.4 Å². The zero-order valence-electron chi connectivity index (χ0n) is 24.6. The summed E-state index contributed by atoms with van der Waals surface area (Å²) in [5.74, 6) is -0.656. The maximum absolute atomic E-state index is 13.7. The fourth-order valence-corrected chi connectivity index (χ4v) is 5.42. The molecule has 40 heavy (non-hydrogen) atoms. The number of benzene rings is 3. The van der Waals surface area contributed by atoms with E-state index in [0.29, 0.717) is 17.9 Å². The van der Waals surface area contributed by atoms with Gasteiger partial charge in [0.05, 0.1) is 18.2 Å². The molecule has 1 aliphatic heterocycles. The van der Waals surface area contributed by atoms with Gasteiger partial charge in [-0.3, -0.25) is 14.5 Å². The number of Topliss-reactive ketones (excluding diaryl/α,β-unsaturated/α-hetero) is 1. The number of amides is 1. The molecule has 1 saturated heterocycles. The lowest BCUT2D eigenvalue weighted by Crippen LogP contribution is -2.30. The van der Waals surface area contributed by atoms with E-state index >= 15 is 0 Å². The van der Waals surface area contributed by atoms with Crippen molar-refractivity contribution in [3.8, 4) is 5.75 Å². The van der Waals surface area contributed by atoms with Crippen molar-refractivity contribution in [3.05, 3.63) is 94.1 Å². The van der Waals surface area contributed by atoms with Crippen LogP contribution in [-0.2, 0) is 9.59 Å². The highest BCUT2D eigenvalue weighted by molar-refractivity contribution is 6.51. The summed E-state index contributed by atoms with van der Waals surface area (Å²) in [6.07, 6.45) is 0. The lowest BCUT2D eigenvalue weighted by molar-refractivity contribution is -0.132. The first-order chi connectivity index (χ1) is 19.1. The number of ketones is 1. The lowest BCUT2D eigenvalue weighted by Gasteiger charge is -2.28. The Balaban J connectivity index is 1.94.